The van der Waals surface area contributed by atoms with Gasteiger partial charge in [0.1, 0.15) is 0 Å². The Morgan fingerprint density at radius 3 is 2.22 bits per heavy atom. The molecule has 5 nitrogen and oxygen atoms in total. The summed E-state index contributed by atoms with van der Waals surface area (Å²) in [6, 6.07) is 0.586. The summed E-state index contributed by atoms with van der Waals surface area (Å²) in [6.45, 7) is 0.118. The van der Waals surface area contributed by atoms with Crippen LogP contribution in [0.3, 0.4) is 0 Å². The molecule has 0 aliphatic heterocycles. The van der Waals surface area contributed by atoms with Crippen molar-refractivity contribution >= 4 is 11.8 Å². The molecule has 0 heterocycles. The molecule has 2 atom stereocenters. The Morgan fingerprint density at radius 2 is 1.57 bits per heavy atom. The van der Waals surface area contributed by atoms with Gasteiger partial charge in [-0.3, -0.25) is 9.59 Å². The minimum absolute atomic E-state index is 0.0436. The number of carbonyl (C=O) groups excluding carboxylic acids is 2. The summed E-state index contributed by atoms with van der Waals surface area (Å²) in [5.41, 5.74) is 6.28. The van der Waals surface area contributed by atoms with E-state index >= 15 is 0 Å². The number of amides is 2. The molecule has 23 heavy (non-hydrogen) atoms. The van der Waals surface area contributed by atoms with Gasteiger partial charge in [0, 0.05) is 18.0 Å². The smallest absolute Gasteiger partial charge is 0.239 e. The van der Waals surface area contributed by atoms with Gasteiger partial charge < -0.3 is 16.4 Å². The van der Waals surface area contributed by atoms with Crippen molar-refractivity contribution in [2.24, 2.45) is 23.5 Å². The first-order valence-corrected chi connectivity index (χ1v) is 9.46. The van der Waals surface area contributed by atoms with Crippen LogP contribution < -0.4 is 16.4 Å². The Balaban J connectivity index is 1.41. The van der Waals surface area contributed by atoms with Crippen molar-refractivity contribution in [2.45, 2.75) is 76.3 Å². The molecule has 2 amide bonds. The van der Waals surface area contributed by atoms with Crippen LogP contribution in [0, 0.1) is 17.8 Å². The lowest BCUT2D eigenvalue weighted by molar-refractivity contribution is -0.131. The second kappa shape index (κ2) is 7.65. The molecule has 0 aromatic heterocycles. The lowest BCUT2D eigenvalue weighted by atomic mass is 9.65. The van der Waals surface area contributed by atoms with Gasteiger partial charge in [-0.25, -0.2) is 0 Å². The molecule has 3 rings (SSSR count). The second-order valence-electron chi connectivity index (χ2n) is 7.82. The highest BCUT2D eigenvalue weighted by atomic mass is 16.2. The molecule has 2 bridgehead atoms. The number of carbonyl (C=O) groups is 2. The summed E-state index contributed by atoms with van der Waals surface area (Å²) >= 11 is 0. The third-order valence-electron chi connectivity index (χ3n) is 6.18. The molecular weight excluding hydrogens is 290 g/mol. The molecule has 3 aliphatic carbocycles. The van der Waals surface area contributed by atoms with Gasteiger partial charge in [0.2, 0.25) is 11.8 Å². The minimum Gasteiger partial charge on any atom is -0.352 e. The van der Waals surface area contributed by atoms with E-state index in [-0.39, 0.29) is 30.3 Å². The zero-order valence-corrected chi connectivity index (χ0v) is 14.1. The zero-order chi connectivity index (χ0) is 16.2. The predicted molar refractivity (Wildman–Crippen MR) is 89.6 cm³/mol. The van der Waals surface area contributed by atoms with E-state index in [1.54, 1.807) is 0 Å². The molecule has 130 valence electrons. The van der Waals surface area contributed by atoms with Gasteiger partial charge in [0.25, 0.3) is 0 Å². The summed E-state index contributed by atoms with van der Waals surface area (Å²) in [5.74, 6) is 1.04. The fraction of sp³-hybridized carbons (Fsp3) is 0.889. The van der Waals surface area contributed by atoms with Gasteiger partial charge in [-0.05, 0) is 50.4 Å². The normalized spacial score (nSPS) is 34.7. The Bertz CT molecular complexity index is 420. The van der Waals surface area contributed by atoms with Crippen LogP contribution in [0.5, 0.6) is 0 Å². The molecule has 4 N–H and O–H groups in total. The molecule has 0 spiro atoms. The van der Waals surface area contributed by atoms with E-state index in [1.165, 1.54) is 25.7 Å². The molecule has 3 aliphatic rings. The van der Waals surface area contributed by atoms with Crippen molar-refractivity contribution in [1.29, 1.82) is 0 Å². The first-order chi connectivity index (χ1) is 11.1. The molecule has 2 unspecified atom stereocenters. The van der Waals surface area contributed by atoms with Crippen LogP contribution in [-0.2, 0) is 9.59 Å². The SMILES string of the molecule is NC1C2CCCC1CC(C(=O)NCC(=O)NC1CCCCC1)C2. The van der Waals surface area contributed by atoms with E-state index in [2.05, 4.69) is 10.6 Å². The number of fused-ring (bicyclic) bond motifs is 2. The zero-order valence-electron chi connectivity index (χ0n) is 14.1. The fourth-order valence-electron chi connectivity index (χ4n) is 4.84. The summed E-state index contributed by atoms with van der Waals surface area (Å²) in [4.78, 5) is 24.4. The highest BCUT2D eigenvalue weighted by molar-refractivity contribution is 5.86. The topological polar surface area (TPSA) is 84.2 Å². The second-order valence-corrected chi connectivity index (χ2v) is 7.82. The van der Waals surface area contributed by atoms with Gasteiger partial charge in [-0.15, -0.1) is 0 Å². The molecule has 0 radical (unpaired) electrons. The highest BCUT2D eigenvalue weighted by Crippen LogP contribution is 2.41. The first kappa shape index (κ1) is 16.7. The Labute approximate surface area is 139 Å². The monoisotopic (exact) mass is 321 g/mol. The molecule has 0 aromatic rings. The van der Waals surface area contributed by atoms with Gasteiger partial charge >= 0.3 is 0 Å². The molecule has 0 aromatic carbocycles. The van der Waals surface area contributed by atoms with E-state index in [1.807, 2.05) is 0 Å². The van der Waals surface area contributed by atoms with Crippen LogP contribution in [0.15, 0.2) is 0 Å². The number of nitrogens with one attached hydrogen (secondary N) is 2. The van der Waals surface area contributed by atoms with Gasteiger partial charge in [-0.2, -0.15) is 0 Å². The standard InChI is InChI=1S/C18H31N3O2/c19-17-12-5-4-6-13(17)10-14(9-12)18(23)20-11-16(22)21-15-7-2-1-3-8-15/h12-15,17H,1-11,19H2,(H,20,23)(H,21,22). The number of rotatable bonds is 4. The number of nitrogens with two attached hydrogens (primary N) is 1. The van der Waals surface area contributed by atoms with Gasteiger partial charge in [-0.1, -0.05) is 25.7 Å². The molecule has 5 heteroatoms. The van der Waals surface area contributed by atoms with Crippen LogP contribution in [0.4, 0.5) is 0 Å². The van der Waals surface area contributed by atoms with E-state index < -0.39 is 0 Å². The maximum atomic E-state index is 12.4. The summed E-state index contributed by atoms with van der Waals surface area (Å²) in [7, 11) is 0. The van der Waals surface area contributed by atoms with E-state index in [0.29, 0.717) is 17.9 Å². The van der Waals surface area contributed by atoms with Crippen LogP contribution in [-0.4, -0.2) is 30.4 Å². The maximum absolute atomic E-state index is 12.4. The first-order valence-electron chi connectivity index (χ1n) is 9.46. The van der Waals surface area contributed by atoms with Gasteiger partial charge in [0.05, 0.1) is 6.54 Å². The van der Waals surface area contributed by atoms with Crippen LogP contribution in [0.1, 0.15) is 64.2 Å². The highest BCUT2D eigenvalue weighted by Gasteiger charge is 2.40. The van der Waals surface area contributed by atoms with Gasteiger partial charge in [0.15, 0.2) is 0 Å². The average Bonchev–Trinajstić information content (AvgIpc) is 2.53. The van der Waals surface area contributed by atoms with Crippen molar-refractivity contribution in [3.63, 3.8) is 0 Å². The summed E-state index contributed by atoms with van der Waals surface area (Å²) in [5, 5.41) is 5.90. The van der Waals surface area contributed by atoms with E-state index in [9.17, 15) is 9.59 Å². The minimum atomic E-state index is -0.0436. The van der Waals surface area contributed by atoms with Crippen LogP contribution in [0.25, 0.3) is 0 Å². The third kappa shape index (κ3) is 4.25. The van der Waals surface area contributed by atoms with E-state index in [0.717, 1.165) is 38.5 Å². The Kier molecular flexibility index (Phi) is 5.57. The number of hydrogen-bond donors (Lipinski definition) is 3. The molecule has 0 saturated heterocycles. The summed E-state index contributed by atoms with van der Waals surface area (Å²) in [6.07, 6.45) is 11.2. The van der Waals surface area contributed by atoms with Crippen molar-refractivity contribution in [2.75, 3.05) is 6.54 Å². The lowest BCUT2D eigenvalue weighted by Gasteiger charge is -2.43. The van der Waals surface area contributed by atoms with Crippen LogP contribution >= 0.6 is 0 Å². The van der Waals surface area contributed by atoms with Crippen molar-refractivity contribution in [1.82, 2.24) is 10.6 Å². The lowest BCUT2D eigenvalue weighted by Crippen LogP contribution is -2.50. The van der Waals surface area contributed by atoms with Crippen molar-refractivity contribution in [3.05, 3.63) is 0 Å². The average molecular weight is 321 g/mol. The number of hydrogen-bond acceptors (Lipinski definition) is 3. The van der Waals surface area contributed by atoms with E-state index in [4.69, 9.17) is 5.73 Å². The quantitative estimate of drug-likeness (QED) is 0.737. The molecule has 3 saturated carbocycles. The fourth-order valence-corrected chi connectivity index (χ4v) is 4.84. The largest absolute Gasteiger partial charge is 0.352 e. The van der Waals surface area contributed by atoms with Crippen molar-refractivity contribution in [3.8, 4) is 0 Å². The Morgan fingerprint density at radius 1 is 0.913 bits per heavy atom. The van der Waals surface area contributed by atoms with Crippen molar-refractivity contribution < 1.29 is 9.59 Å². The maximum Gasteiger partial charge on any atom is 0.239 e. The Hall–Kier alpha value is -1.10. The van der Waals surface area contributed by atoms with Crippen LogP contribution in [0.2, 0.25) is 0 Å². The molecule has 3 fully saturated rings. The molecular formula is C18H31N3O2. The predicted octanol–water partition coefficient (Wildman–Crippen LogP) is 1.71. The summed E-state index contributed by atoms with van der Waals surface area (Å²) < 4.78 is 0. The third-order valence-corrected chi connectivity index (χ3v) is 6.18.